The van der Waals surface area contributed by atoms with Crippen LogP contribution in [0.2, 0.25) is 0 Å². The van der Waals surface area contributed by atoms with E-state index in [0.717, 1.165) is 6.07 Å². The van der Waals surface area contributed by atoms with Gasteiger partial charge in [0.25, 0.3) is 11.6 Å². The van der Waals surface area contributed by atoms with Crippen molar-refractivity contribution in [1.82, 2.24) is 5.32 Å². The van der Waals surface area contributed by atoms with Crippen LogP contribution in [0.5, 0.6) is 0 Å². The van der Waals surface area contributed by atoms with Crippen LogP contribution in [-0.2, 0) is 9.53 Å². The molecule has 0 bridgehead atoms. The Kier molecular flexibility index (Phi) is 5.72. The molecule has 2 aromatic carbocycles. The number of amides is 1. The molecule has 0 spiro atoms. The maximum Gasteiger partial charge on any atom is 0.345 e. The highest BCUT2D eigenvalue weighted by Crippen LogP contribution is 2.35. The Morgan fingerprint density at radius 2 is 1.67 bits per heavy atom. The second-order valence-corrected chi connectivity index (χ2v) is 7.12. The first-order valence-corrected chi connectivity index (χ1v) is 9.16. The predicted octanol–water partition coefficient (Wildman–Crippen LogP) is 2.30. The molecule has 1 amide bonds. The van der Waals surface area contributed by atoms with E-state index in [9.17, 15) is 29.3 Å². The molecule has 3 rings (SSSR count). The first-order valence-electron chi connectivity index (χ1n) is 9.16. The van der Waals surface area contributed by atoms with Gasteiger partial charge in [0.2, 0.25) is 5.78 Å². The zero-order valence-corrected chi connectivity index (χ0v) is 16.3. The predicted molar refractivity (Wildman–Crippen MR) is 105 cm³/mol. The Hall–Kier alpha value is -3.88. The minimum atomic E-state index is -1.14. The van der Waals surface area contributed by atoms with Crippen molar-refractivity contribution in [2.75, 3.05) is 13.2 Å². The van der Waals surface area contributed by atoms with Crippen LogP contribution in [0.4, 0.5) is 5.69 Å². The summed E-state index contributed by atoms with van der Waals surface area (Å²) in [6.07, 6.45) is 0. The fraction of sp³-hybridized carbons (Fsp3) is 0.238. The van der Waals surface area contributed by atoms with Gasteiger partial charge in [-0.15, -0.1) is 0 Å². The number of nitro benzene ring substituents is 1. The van der Waals surface area contributed by atoms with Crippen molar-refractivity contribution in [2.45, 2.75) is 13.8 Å². The van der Waals surface area contributed by atoms with E-state index in [1.165, 1.54) is 24.3 Å². The summed E-state index contributed by atoms with van der Waals surface area (Å²) in [5, 5.41) is 14.3. The lowest BCUT2D eigenvalue weighted by Crippen LogP contribution is -2.31. The quantitative estimate of drug-likeness (QED) is 0.374. The van der Waals surface area contributed by atoms with Crippen LogP contribution >= 0.6 is 0 Å². The standard InChI is InChI=1S/C21H18N2O7/c1-11(2)9-22-16(24)10-30-21(27)15-8-7-14-17(18(15)23(28)29)20(26)13-6-4-3-5-12(13)19(14)25/h3-8,11H,9-10H2,1-2H3,(H,22,24). The molecule has 30 heavy (non-hydrogen) atoms. The van der Waals surface area contributed by atoms with Crippen molar-refractivity contribution >= 4 is 29.1 Å². The first kappa shape index (κ1) is 20.8. The third-order valence-corrected chi connectivity index (χ3v) is 4.51. The highest BCUT2D eigenvalue weighted by atomic mass is 16.6. The van der Waals surface area contributed by atoms with Crippen LogP contribution < -0.4 is 5.32 Å². The SMILES string of the molecule is CC(C)CNC(=O)COC(=O)c1ccc2c(c1[N+](=O)[O-])C(=O)c1ccccc1C2=O. The largest absolute Gasteiger partial charge is 0.452 e. The van der Waals surface area contributed by atoms with Gasteiger partial charge in [-0.05, 0) is 18.1 Å². The summed E-state index contributed by atoms with van der Waals surface area (Å²) in [7, 11) is 0. The van der Waals surface area contributed by atoms with Gasteiger partial charge in [-0.1, -0.05) is 38.1 Å². The zero-order valence-electron chi connectivity index (χ0n) is 16.3. The summed E-state index contributed by atoms with van der Waals surface area (Å²) in [6.45, 7) is 3.53. The monoisotopic (exact) mass is 410 g/mol. The topological polar surface area (TPSA) is 133 Å². The Labute approximate surface area is 171 Å². The van der Waals surface area contributed by atoms with E-state index in [1.54, 1.807) is 6.07 Å². The maximum absolute atomic E-state index is 12.9. The highest BCUT2D eigenvalue weighted by Gasteiger charge is 2.39. The molecule has 0 saturated heterocycles. The van der Waals surface area contributed by atoms with Gasteiger partial charge in [-0.25, -0.2) is 4.79 Å². The van der Waals surface area contributed by atoms with Crippen molar-refractivity contribution in [3.05, 3.63) is 74.3 Å². The van der Waals surface area contributed by atoms with E-state index in [2.05, 4.69) is 5.32 Å². The Balaban J connectivity index is 1.96. The Bertz CT molecular complexity index is 1090. The summed E-state index contributed by atoms with van der Waals surface area (Å²) in [5.41, 5.74) is -1.76. The van der Waals surface area contributed by atoms with Gasteiger partial charge in [0.15, 0.2) is 12.4 Å². The van der Waals surface area contributed by atoms with Crippen molar-refractivity contribution in [3.63, 3.8) is 0 Å². The number of carbonyl (C=O) groups is 4. The number of ether oxygens (including phenoxy) is 1. The molecule has 0 fully saturated rings. The van der Waals surface area contributed by atoms with Crippen LogP contribution in [0.25, 0.3) is 0 Å². The lowest BCUT2D eigenvalue weighted by molar-refractivity contribution is -0.385. The number of hydrogen-bond acceptors (Lipinski definition) is 7. The molecule has 1 aliphatic carbocycles. The van der Waals surface area contributed by atoms with Gasteiger partial charge in [0.1, 0.15) is 11.1 Å². The number of hydrogen-bond donors (Lipinski definition) is 1. The number of carbonyl (C=O) groups excluding carboxylic acids is 4. The van der Waals surface area contributed by atoms with Crippen LogP contribution in [0.3, 0.4) is 0 Å². The van der Waals surface area contributed by atoms with E-state index in [4.69, 9.17) is 4.74 Å². The van der Waals surface area contributed by atoms with Crippen LogP contribution in [0.15, 0.2) is 36.4 Å². The van der Waals surface area contributed by atoms with Crippen molar-refractivity contribution in [2.24, 2.45) is 5.92 Å². The lowest BCUT2D eigenvalue weighted by Gasteiger charge is -2.18. The molecule has 1 N–H and O–H groups in total. The fourth-order valence-corrected chi connectivity index (χ4v) is 3.10. The van der Waals surface area contributed by atoms with Gasteiger partial charge < -0.3 is 10.1 Å². The average Bonchev–Trinajstić information content (AvgIpc) is 2.73. The van der Waals surface area contributed by atoms with Crippen molar-refractivity contribution in [1.29, 1.82) is 0 Å². The molecule has 2 aromatic rings. The van der Waals surface area contributed by atoms with Gasteiger partial charge in [-0.3, -0.25) is 24.5 Å². The molecule has 0 aliphatic heterocycles. The van der Waals surface area contributed by atoms with Crippen molar-refractivity contribution < 1.29 is 28.8 Å². The maximum atomic E-state index is 12.9. The minimum absolute atomic E-state index is 0.0247. The minimum Gasteiger partial charge on any atom is -0.452 e. The summed E-state index contributed by atoms with van der Waals surface area (Å²) in [6, 6.07) is 8.22. The Morgan fingerprint density at radius 3 is 2.27 bits per heavy atom. The fourth-order valence-electron chi connectivity index (χ4n) is 3.10. The molecule has 0 unspecified atom stereocenters. The van der Waals surface area contributed by atoms with Gasteiger partial charge in [0, 0.05) is 23.2 Å². The van der Waals surface area contributed by atoms with Crippen LogP contribution in [0.1, 0.15) is 56.0 Å². The molecule has 0 heterocycles. The summed E-state index contributed by atoms with van der Waals surface area (Å²) >= 11 is 0. The number of rotatable bonds is 6. The molecule has 0 radical (unpaired) electrons. The number of nitrogens with zero attached hydrogens (tertiary/aromatic N) is 1. The molecule has 9 heteroatoms. The second-order valence-electron chi connectivity index (χ2n) is 7.12. The van der Waals surface area contributed by atoms with E-state index >= 15 is 0 Å². The normalized spacial score (nSPS) is 12.2. The average molecular weight is 410 g/mol. The molecule has 0 saturated carbocycles. The summed E-state index contributed by atoms with van der Waals surface area (Å²) in [5.74, 6) is -2.77. The molecule has 0 aromatic heterocycles. The smallest absolute Gasteiger partial charge is 0.345 e. The summed E-state index contributed by atoms with van der Waals surface area (Å²) < 4.78 is 4.88. The molecule has 9 nitrogen and oxygen atoms in total. The number of nitro groups is 1. The Morgan fingerprint density at radius 1 is 1.03 bits per heavy atom. The molecular weight excluding hydrogens is 392 g/mol. The number of fused-ring (bicyclic) bond motifs is 2. The third-order valence-electron chi connectivity index (χ3n) is 4.51. The van der Waals surface area contributed by atoms with Crippen LogP contribution in [-0.4, -0.2) is 41.5 Å². The summed E-state index contributed by atoms with van der Waals surface area (Å²) in [4.78, 5) is 60.6. The van der Waals surface area contributed by atoms with Gasteiger partial charge >= 0.3 is 5.97 Å². The van der Waals surface area contributed by atoms with E-state index in [0.29, 0.717) is 6.54 Å². The van der Waals surface area contributed by atoms with E-state index in [1.807, 2.05) is 13.8 Å². The number of benzene rings is 2. The van der Waals surface area contributed by atoms with Gasteiger partial charge in [-0.2, -0.15) is 0 Å². The van der Waals surface area contributed by atoms with Crippen LogP contribution in [0, 0.1) is 16.0 Å². The molecule has 154 valence electrons. The highest BCUT2D eigenvalue weighted by molar-refractivity contribution is 6.30. The molecular formula is C21H18N2O7. The molecule has 0 atom stereocenters. The number of esters is 1. The van der Waals surface area contributed by atoms with E-state index in [-0.39, 0.29) is 22.6 Å². The van der Waals surface area contributed by atoms with Crippen molar-refractivity contribution in [3.8, 4) is 0 Å². The number of ketones is 2. The first-order chi connectivity index (χ1) is 14.2. The lowest BCUT2D eigenvalue weighted by atomic mass is 9.82. The molecule has 1 aliphatic rings. The second kappa shape index (κ2) is 8.24. The zero-order chi connectivity index (χ0) is 22.0. The number of nitrogens with one attached hydrogen (secondary N) is 1. The van der Waals surface area contributed by atoms with Gasteiger partial charge in [0.05, 0.1) is 4.92 Å². The van der Waals surface area contributed by atoms with E-state index < -0.39 is 51.8 Å². The third kappa shape index (κ3) is 3.82.